The number of halogens is 1. The van der Waals surface area contributed by atoms with Crippen molar-refractivity contribution in [1.29, 1.82) is 0 Å². The van der Waals surface area contributed by atoms with Crippen LogP contribution < -0.4 is 0 Å². The van der Waals surface area contributed by atoms with Gasteiger partial charge in [0, 0.05) is 54.9 Å². The Morgan fingerprint density at radius 2 is 2.08 bits per heavy atom. The summed E-state index contributed by atoms with van der Waals surface area (Å²) in [6, 6.07) is 9.99. The molecule has 1 aliphatic rings. The number of rotatable bonds is 4. The van der Waals surface area contributed by atoms with E-state index >= 15 is 0 Å². The van der Waals surface area contributed by atoms with Gasteiger partial charge in [-0.25, -0.2) is 4.39 Å². The summed E-state index contributed by atoms with van der Waals surface area (Å²) < 4.78 is 17.1. The molecular weight excluding hydrogens is 325 g/mol. The highest BCUT2D eigenvalue weighted by molar-refractivity contribution is 5.89. The van der Waals surface area contributed by atoms with Crippen molar-refractivity contribution in [2.24, 2.45) is 0 Å². The molecule has 3 heterocycles. The smallest absolute Gasteiger partial charge is 0.147 e. The lowest BCUT2D eigenvalue weighted by atomic mass is 9.97. The molecule has 0 saturated heterocycles. The Morgan fingerprint density at radius 1 is 1.23 bits per heavy atom. The number of aryl methyl sites for hydroxylation is 3. The van der Waals surface area contributed by atoms with E-state index < -0.39 is 0 Å². The molecule has 3 nitrogen and oxygen atoms in total. The number of hydrogen-bond donors (Lipinski definition) is 0. The second kappa shape index (κ2) is 6.84. The third kappa shape index (κ3) is 2.82. The fourth-order valence-electron chi connectivity index (χ4n) is 4.37. The normalized spacial score (nSPS) is 17.6. The van der Waals surface area contributed by atoms with Crippen LogP contribution in [-0.2, 0) is 25.9 Å². The van der Waals surface area contributed by atoms with Gasteiger partial charge in [-0.1, -0.05) is 19.1 Å². The molecule has 26 heavy (non-hydrogen) atoms. The standard InChI is InChI=1S/C22H26FN3/c1-4-25-14-18-20(13-16(25)3)26(12-10-17-7-5-6-11-24-17)22-19(23)9-8-15(2)21(18)22/h5-9,11,16H,4,10,12-14H2,1-3H3. The number of likely N-dealkylation sites (N-methyl/N-ethyl adjacent to an activating group) is 1. The minimum absolute atomic E-state index is 0.114. The van der Waals surface area contributed by atoms with Gasteiger partial charge in [0.15, 0.2) is 0 Å². The van der Waals surface area contributed by atoms with Crippen LogP contribution in [0.2, 0.25) is 0 Å². The molecule has 2 aromatic heterocycles. The van der Waals surface area contributed by atoms with Gasteiger partial charge in [-0.15, -0.1) is 0 Å². The topological polar surface area (TPSA) is 21.1 Å². The van der Waals surface area contributed by atoms with Gasteiger partial charge in [0.25, 0.3) is 0 Å². The van der Waals surface area contributed by atoms with Crippen LogP contribution in [0.15, 0.2) is 36.5 Å². The van der Waals surface area contributed by atoms with Gasteiger partial charge in [-0.2, -0.15) is 0 Å². The van der Waals surface area contributed by atoms with E-state index in [9.17, 15) is 4.39 Å². The summed E-state index contributed by atoms with van der Waals surface area (Å²) in [5.74, 6) is -0.114. The molecule has 0 saturated carbocycles. The van der Waals surface area contributed by atoms with Gasteiger partial charge in [0.1, 0.15) is 5.82 Å². The summed E-state index contributed by atoms with van der Waals surface area (Å²) in [7, 11) is 0. The lowest BCUT2D eigenvalue weighted by molar-refractivity contribution is 0.192. The van der Waals surface area contributed by atoms with E-state index in [1.165, 1.54) is 16.8 Å². The number of benzene rings is 1. The van der Waals surface area contributed by atoms with E-state index in [0.717, 1.165) is 49.1 Å². The molecule has 0 aliphatic carbocycles. The van der Waals surface area contributed by atoms with E-state index in [1.807, 2.05) is 30.5 Å². The lowest BCUT2D eigenvalue weighted by Gasteiger charge is -2.33. The number of aromatic nitrogens is 2. The summed E-state index contributed by atoms with van der Waals surface area (Å²) in [6.45, 7) is 9.27. The molecule has 0 bridgehead atoms. The van der Waals surface area contributed by atoms with Gasteiger partial charge < -0.3 is 4.57 Å². The van der Waals surface area contributed by atoms with Gasteiger partial charge in [-0.3, -0.25) is 9.88 Å². The van der Waals surface area contributed by atoms with Crippen molar-refractivity contribution in [2.75, 3.05) is 6.54 Å². The molecule has 0 N–H and O–H groups in total. The largest absolute Gasteiger partial charge is 0.341 e. The first-order valence-corrected chi connectivity index (χ1v) is 9.53. The zero-order valence-corrected chi connectivity index (χ0v) is 15.8. The number of nitrogens with zero attached hydrogens (tertiary/aromatic N) is 3. The second-order valence-corrected chi connectivity index (χ2v) is 7.35. The Kier molecular flexibility index (Phi) is 4.53. The number of pyridine rings is 1. The van der Waals surface area contributed by atoms with Crippen molar-refractivity contribution >= 4 is 10.9 Å². The van der Waals surface area contributed by atoms with E-state index in [4.69, 9.17) is 0 Å². The van der Waals surface area contributed by atoms with Crippen LogP contribution in [0.25, 0.3) is 10.9 Å². The first-order chi connectivity index (χ1) is 12.6. The van der Waals surface area contributed by atoms with Gasteiger partial charge in [0.05, 0.1) is 5.52 Å². The van der Waals surface area contributed by atoms with Gasteiger partial charge in [-0.05, 0) is 49.7 Å². The van der Waals surface area contributed by atoms with Crippen molar-refractivity contribution < 1.29 is 4.39 Å². The van der Waals surface area contributed by atoms with Gasteiger partial charge >= 0.3 is 0 Å². The van der Waals surface area contributed by atoms with Crippen molar-refractivity contribution in [2.45, 2.75) is 52.7 Å². The average molecular weight is 351 g/mol. The van der Waals surface area contributed by atoms with Crippen LogP contribution in [0, 0.1) is 12.7 Å². The Balaban J connectivity index is 1.84. The van der Waals surface area contributed by atoms with Crippen LogP contribution in [-0.4, -0.2) is 27.0 Å². The molecular formula is C22H26FN3. The molecule has 136 valence electrons. The van der Waals surface area contributed by atoms with Crippen LogP contribution in [0.4, 0.5) is 4.39 Å². The summed E-state index contributed by atoms with van der Waals surface area (Å²) in [4.78, 5) is 6.92. The first-order valence-electron chi connectivity index (χ1n) is 9.53. The molecule has 0 spiro atoms. The van der Waals surface area contributed by atoms with Crippen LogP contribution in [0.5, 0.6) is 0 Å². The highest BCUT2D eigenvalue weighted by Crippen LogP contribution is 2.36. The Morgan fingerprint density at radius 3 is 2.81 bits per heavy atom. The highest BCUT2D eigenvalue weighted by Gasteiger charge is 2.29. The fourth-order valence-corrected chi connectivity index (χ4v) is 4.37. The van der Waals surface area contributed by atoms with Crippen LogP contribution >= 0.6 is 0 Å². The Hall–Kier alpha value is -2.20. The van der Waals surface area contributed by atoms with Crippen LogP contribution in [0.1, 0.15) is 36.4 Å². The maximum atomic E-state index is 14.9. The van der Waals surface area contributed by atoms with E-state index in [0.29, 0.717) is 6.04 Å². The molecule has 1 aliphatic heterocycles. The summed E-state index contributed by atoms with van der Waals surface area (Å²) in [5.41, 5.74) is 5.62. The van der Waals surface area contributed by atoms with E-state index in [1.54, 1.807) is 6.07 Å². The van der Waals surface area contributed by atoms with Gasteiger partial charge in [0.2, 0.25) is 0 Å². The SMILES string of the molecule is CCN1Cc2c(n(CCc3ccccn3)c3c(F)ccc(C)c23)CC1C. The van der Waals surface area contributed by atoms with Crippen molar-refractivity contribution in [3.05, 3.63) is 64.9 Å². The van der Waals surface area contributed by atoms with E-state index in [-0.39, 0.29) is 5.82 Å². The Bertz CT molecular complexity index is 930. The molecule has 0 radical (unpaired) electrons. The monoisotopic (exact) mass is 351 g/mol. The predicted octanol–water partition coefficient (Wildman–Crippen LogP) is 4.49. The van der Waals surface area contributed by atoms with E-state index in [2.05, 4.69) is 35.2 Å². The lowest BCUT2D eigenvalue weighted by Crippen LogP contribution is -2.38. The zero-order chi connectivity index (χ0) is 18.3. The van der Waals surface area contributed by atoms with Crippen molar-refractivity contribution in [3.8, 4) is 0 Å². The third-order valence-corrected chi connectivity index (χ3v) is 5.78. The molecule has 4 heteroatoms. The van der Waals surface area contributed by atoms with Crippen molar-refractivity contribution in [1.82, 2.24) is 14.5 Å². The summed E-state index contributed by atoms with van der Waals surface area (Å²) in [5, 5.41) is 1.12. The molecule has 0 amide bonds. The zero-order valence-electron chi connectivity index (χ0n) is 15.8. The molecule has 1 unspecified atom stereocenters. The first kappa shape index (κ1) is 17.2. The quantitative estimate of drug-likeness (QED) is 0.690. The molecule has 1 aromatic carbocycles. The average Bonchev–Trinajstić information content (AvgIpc) is 2.97. The van der Waals surface area contributed by atoms with Crippen LogP contribution in [0.3, 0.4) is 0 Å². The number of fused-ring (bicyclic) bond motifs is 3. The highest BCUT2D eigenvalue weighted by atomic mass is 19.1. The molecule has 4 rings (SSSR count). The third-order valence-electron chi connectivity index (χ3n) is 5.78. The Labute approximate surface area is 154 Å². The van der Waals surface area contributed by atoms with Crippen molar-refractivity contribution in [3.63, 3.8) is 0 Å². The predicted molar refractivity (Wildman–Crippen MR) is 104 cm³/mol. The molecule has 0 fully saturated rings. The summed E-state index contributed by atoms with van der Waals surface area (Å²) in [6.07, 6.45) is 3.61. The minimum Gasteiger partial charge on any atom is -0.341 e. The second-order valence-electron chi connectivity index (χ2n) is 7.35. The maximum absolute atomic E-state index is 14.9. The fraction of sp³-hybridized carbons (Fsp3) is 0.409. The molecule has 3 aromatic rings. The maximum Gasteiger partial charge on any atom is 0.147 e. The number of hydrogen-bond acceptors (Lipinski definition) is 2. The molecule has 1 atom stereocenters. The summed E-state index contributed by atoms with van der Waals surface area (Å²) >= 11 is 0. The minimum atomic E-state index is -0.114.